The summed E-state index contributed by atoms with van der Waals surface area (Å²) >= 11 is 5.84. The van der Waals surface area contributed by atoms with Gasteiger partial charge in [0.05, 0.1) is 5.02 Å². The zero-order chi connectivity index (χ0) is 18.5. The second-order valence-electron chi connectivity index (χ2n) is 6.96. The van der Waals surface area contributed by atoms with Crippen LogP contribution in [-0.2, 0) is 6.54 Å². The Bertz CT molecular complexity index is 732. The average molecular weight is 378 g/mol. The van der Waals surface area contributed by atoms with Gasteiger partial charge in [0.2, 0.25) is 5.95 Å². The predicted octanol–water partition coefficient (Wildman–Crippen LogP) is 3.85. The molecule has 1 aliphatic rings. The molecule has 1 aromatic carbocycles. The highest BCUT2D eigenvalue weighted by Crippen LogP contribution is 2.22. The molecule has 1 aromatic heterocycles. The van der Waals surface area contributed by atoms with Crippen LogP contribution in [0.3, 0.4) is 0 Å². The van der Waals surface area contributed by atoms with E-state index in [1.807, 2.05) is 25.1 Å². The van der Waals surface area contributed by atoms with Gasteiger partial charge in [0.25, 0.3) is 0 Å². The second kappa shape index (κ2) is 8.64. The molecule has 0 saturated heterocycles. The maximum absolute atomic E-state index is 13.2. The van der Waals surface area contributed by atoms with Gasteiger partial charge < -0.3 is 15.5 Å². The minimum Gasteiger partial charge on any atom is -0.363 e. The van der Waals surface area contributed by atoms with Crippen molar-refractivity contribution in [2.45, 2.75) is 44.3 Å². The fraction of sp³-hybridized carbons (Fsp3) is 0.474. The summed E-state index contributed by atoms with van der Waals surface area (Å²) in [6.07, 6.45) is 6.08. The molecule has 0 unspecified atom stereocenters. The first-order chi connectivity index (χ1) is 12.5. The molecule has 0 aliphatic heterocycles. The van der Waals surface area contributed by atoms with Gasteiger partial charge >= 0.3 is 0 Å². The lowest BCUT2D eigenvalue weighted by molar-refractivity contribution is 0.352. The average Bonchev–Trinajstić information content (AvgIpc) is 2.64. The molecule has 26 heavy (non-hydrogen) atoms. The third-order valence-corrected chi connectivity index (χ3v) is 5.03. The van der Waals surface area contributed by atoms with Gasteiger partial charge in [0.15, 0.2) is 0 Å². The number of hydrogen-bond donors (Lipinski definition) is 2. The Morgan fingerprint density at radius 1 is 1.15 bits per heavy atom. The van der Waals surface area contributed by atoms with Crippen LogP contribution in [0.15, 0.2) is 30.5 Å². The summed E-state index contributed by atoms with van der Waals surface area (Å²) in [5.74, 6) is 1.21. The third kappa shape index (κ3) is 5.05. The standard InChI is InChI=1S/C19H25ClFN5/c1-26(2)18-9-10-22-19(25-18)24-15-6-4-14(5-7-15)23-12-13-3-8-17(21)16(20)11-13/h3,8-11,14-15,23H,4-7,12H2,1-2H3,(H,22,24,25). The molecular weight excluding hydrogens is 353 g/mol. The van der Waals surface area contributed by atoms with E-state index in [0.29, 0.717) is 24.6 Å². The van der Waals surface area contributed by atoms with Gasteiger partial charge in [-0.1, -0.05) is 17.7 Å². The molecule has 0 radical (unpaired) electrons. The van der Waals surface area contributed by atoms with Gasteiger partial charge in [-0.25, -0.2) is 9.37 Å². The molecule has 1 fully saturated rings. The number of rotatable bonds is 6. The molecule has 0 spiro atoms. The normalized spacial score (nSPS) is 20.0. The first kappa shape index (κ1) is 18.9. The molecule has 5 nitrogen and oxygen atoms in total. The molecule has 0 atom stereocenters. The van der Waals surface area contributed by atoms with Crippen LogP contribution in [0.1, 0.15) is 31.2 Å². The summed E-state index contributed by atoms with van der Waals surface area (Å²) in [6, 6.07) is 7.63. The zero-order valence-electron chi connectivity index (χ0n) is 15.2. The smallest absolute Gasteiger partial charge is 0.224 e. The van der Waals surface area contributed by atoms with E-state index >= 15 is 0 Å². The van der Waals surface area contributed by atoms with E-state index in [0.717, 1.165) is 37.1 Å². The molecular formula is C19H25ClFN5. The van der Waals surface area contributed by atoms with Crippen LogP contribution in [0.5, 0.6) is 0 Å². The summed E-state index contributed by atoms with van der Waals surface area (Å²) in [5, 5.41) is 7.17. The lowest BCUT2D eigenvalue weighted by Crippen LogP contribution is -2.36. The predicted molar refractivity (Wildman–Crippen MR) is 104 cm³/mol. The van der Waals surface area contributed by atoms with E-state index in [9.17, 15) is 4.39 Å². The summed E-state index contributed by atoms with van der Waals surface area (Å²) < 4.78 is 13.2. The fourth-order valence-electron chi connectivity index (χ4n) is 3.20. The summed E-state index contributed by atoms with van der Waals surface area (Å²) in [7, 11) is 3.94. The molecule has 7 heteroatoms. The Kier molecular flexibility index (Phi) is 6.27. The van der Waals surface area contributed by atoms with Crippen LogP contribution >= 0.6 is 11.6 Å². The second-order valence-corrected chi connectivity index (χ2v) is 7.36. The van der Waals surface area contributed by atoms with Crippen LogP contribution in [0.4, 0.5) is 16.2 Å². The minimum absolute atomic E-state index is 0.178. The molecule has 2 aromatic rings. The van der Waals surface area contributed by atoms with Crippen molar-refractivity contribution in [1.29, 1.82) is 0 Å². The van der Waals surface area contributed by atoms with Gasteiger partial charge in [-0.2, -0.15) is 4.98 Å². The molecule has 2 N–H and O–H groups in total. The van der Waals surface area contributed by atoms with Crippen molar-refractivity contribution in [3.63, 3.8) is 0 Å². The van der Waals surface area contributed by atoms with Crippen molar-refractivity contribution in [2.24, 2.45) is 0 Å². The van der Waals surface area contributed by atoms with Gasteiger partial charge in [-0.05, 0) is 49.4 Å². The molecule has 1 aliphatic carbocycles. The van der Waals surface area contributed by atoms with Crippen LogP contribution in [-0.4, -0.2) is 36.1 Å². The van der Waals surface area contributed by atoms with Gasteiger partial charge in [-0.15, -0.1) is 0 Å². The molecule has 1 saturated carbocycles. The summed E-state index contributed by atoms with van der Waals surface area (Å²) in [5.41, 5.74) is 1.01. The number of nitrogens with zero attached hydrogens (tertiary/aromatic N) is 3. The highest BCUT2D eigenvalue weighted by molar-refractivity contribution is 6.30. The van der Waals surface area contributed by atoms with Crippen LogP contribution in [0, 0.1) is 5.82 Å². The van der Waals surface area contributed by atoms with Crippen LogP contribution < -0.4 is 15.5 Å². The van der Waals surface area contributed by atoms with Crippen molar-refractivity contribution in [1.82, 2.24) is 15.3 Å². The Balaban J connectivity index is 1.45. The van der Waals surface area contributed by atoms with Crippen LogP contribution in [0.25, 0.3) is 0 Å². The topological polar surface area (TPSA) is 53.1 Å². The molecule has 0 amide bonds. The lowest BCUT2D eigenvalue weighted by Gasteiger charge is -2.30. The summed E-state index contributed by atoms with van der Waals surface area (Å²) in [6.45, 7) is 0.705. The van der Waals surface area contributed by atoms with Gasteiger partial charge in [-0.3, -0.25) is 0 Å². The number of benzene rings is 1. The highest BCUT2D eigenvalue weighted by atomic mass is 35.5. The zero-order valence-corrected chi connectivity index (χ0v) is 15.9. The largest absolute Gasteiger partial charge is 0.363 e. The van der Waals surface area contributed by atoms with E-state index in [4.69, 9.17) is 11.6 Å². The number of aromatic nitrogens is 2. The van der Waals surface area contributed by atoms with E-state index in [2.05, 4.69) is 20.6 Å². The monoisotopic (exact) mass is 377 g/mol. The Morgan fingerprint density at radius 2 is 1.88 bits per heavy atom. The summed E-state index contributed by atoms with van der Waals surface area (Å²) in [4.78, 5) is 10.8. The van der Waals surface area contributed by atoms with E-state index < -0.39 is 0 Å². The van der Waals surface area contributed by atoms with Crippen molar-refractivity contribution >= 4 is 23.4 Å². The van der Waals surface area contributed by atoms with E-state index in [-0.39, 0.29) is 10.8 Å². The van der Waals surface area contributed by atoms with Crippen molar-refractivity contribution in [3.05, 3.63) is 46.9 Å². The minimum atomic E-state index is -0.373. The molecule has 3 rings (SSSR count). The van der Waals surface area contributed by atoms with Crippen LogP contribution in [0.2, 0.25) is 5.02 Å². The van der Waals surface area contributed by atoms with Gasteiger partial charge in [0.1, 0.15) is 11.6 Å². The van der Waals surface area contributed by atoms with Crippen molar-refractivity contribution in [2.75, 3.05) is 24.3 Å². The SMILES string of the molecule is CN(C)c1ccnc(NC2CCC(NCc3ccc(F)c(Cl)c3)CC2)n1. The number of anilines is 2. The number of halogens is 2. The quantitative estimate of drug-likeness (QED) is 0.800. The Hall–Kier alpha value is -1.92. The molecule has 140 valence electrons. The Morgan fingerprint density at radius 3 is 2.58 bits per heavy atom. The number of nitrogens with one attached hydrogen (secondary N) is 2. The van der Waals surface area contributed by atoms with E-state index in [1.165, 1.54) is 6.07 Å². The Labute approximate surface area is 159 Å². The third-order valence-electron chi connectivity index (χ3n) is 4.74. The first-order valence-corrected chi connectivity index (χ1v) is 9.33. The lowest BCUT2D eigenvalue weighted by atomic mass is 9.91. The van der Waals surface area contributed by atoms with Crippen molar-refractivity contribution in [3.8, 4) is 0 Å². The molecule has 0 bridgehead atoms. The van der Waals surface area contributed by atoms with E-state index in [1.54, 1.807) is 18.3 Å². The molecule has 1 heterocycles. The highest BCUT2D eigenvalue weighted by Gasteiger charge is 2.21. The maximum Gasteiger partial charge on any atom is 0.224 e. The van der Waals surface area contributed by atoms with Gasteiger partial charge in [0, 0.05) is 38.9 Å². The number of hydrogen-bond acceptors (Lipinski definition) is 5. The fourth-order valence-corrected chi connectivity index (χ4v) is 3.41. The first-order valence-electron chi connectivity index (χ1n) is 8.95. The van der Waals surface area contributed by atoms with Crippen molar-refractivity contribution < 1.29 is 4.39 Å². The maximum atomic E-state index is 13.2.